The van der Waals surface area contributed by atoms with Gasteiger partial charge in [-0.2, -0.15) is 0 Å². The maximum absolute atomic E-state index is 10.7. The molecule has 4 nitrogen and oxygen atoms in total. The third-order valence-electron chi connectivity index (χ3n) is 0.965. The first-order valence-electron chi connectivity index (χ1n) is 2.55. The fourth-order valence-corrected chi connectivity index (χ4v) is 0.532. The molecular formula is C5H7N3O. The van der Waals surface area contributed by atoms with Gasteiger partial charge in [0.2, 0.25) is 0 Å². The molecule has 1 aromatic heterocycles. The molecule has 0 aliphatic rings. The molecule has 0 amide bonds. The van der Waals surface area contributed by atoms with Crippen molar-refractivity contribution in [3.8, 4) is 0 Å². The fraction of sp³-hybridized carbons (Fsp3) is 0.200. The predicted molar refractivity (Wildman–Crippen MR) is 33.8 cm³/mol. The monoisotopic (exact) mass is 125 g/mol. The van der Waals surface area contributed by atoms with Crippen molar-refractivity contribution in [2.24, 2.45) is 0 Å². The van der Waals surface area contributed by atoms with Gasteiger partial charge in [0.25, 0.3) is 5.56 Å². The van der Waals surface area contributed by atoms with E-state index < -0.39 is 0 Å². The van der Waals surface area contributed by atoms with E-state index in [0.29, 0.717) is 0 Å². The van der Waals surface area contributed by atoms with Gasteiger partial charge < -0.3 is 5.43 Å². The molecule has 48 valence electrons. The quantitative estimate of drug-likeness (QED) is 0.546. The van der Waals surface area contributed by atoms with E-state index in [2.05, 4.69) is 10.4 Å². The zero-order chi connectivity index (χ0) is 6.69. The average molecular weight is 125 g/mol. The summed E-state index contributed by atoms with van der Waals surface area (Å²) in [6.45, 7) is 0. The Labute approximate surface area is 52.1 Å². The first kappa shape index (κ1) is 5.81. The summed E-state index contributed by atoms with van der Waals surface area (Å²) in [4.78, 5) is 14.3. The summed E-state index contributed by atoms with van der Waals surface area (Å²) in [5, 5.41) is 0. The summed E-state index contributed by atoms with van der Waals surface area (Å²) in [5.74, 6) is 0. The van der Waals surface area contributed by atoms with Crippen molar-refractivity contribution in [3.05, 3.63) is 28.9 Å². The van der Waals surface area contributed by atoms with Crippen molar-refractivity contribution in [2.45, 2.75) is 0 Å². The SMILES string of the molecule is CNn1ccncc1=O. The molecule has 0 unspecified atom stereocenters. The second kappa shape index (κ2) is 2.30. The number of hydrogen-bond acceptors (Lipinski definition) is 3. The third-order valence-corrected chi connectivity index (χ3v) is 0.965. The first-order valence-corrected chi connectivity index (χ1v) is 2.55. The summed E-state index contributed by atoms with van der Waals surface area (Å²) in [5.41, 5.74) is 2.51. The number of nitrogens with zero attached hydrogens (tertiary/aromatic N) is 2. The Balaban J connectivity index is 3.16. The van der Waals surface area contributed by atoms with Crippen LogP contribution in [-0.2, 0) is 0 Å². The van der Waals surface area contributed by atoms with Crippen LogP contribution in [0.2, 0.25) is 0 Å². The third kappa shape index (κ3) is 1.07. The van der Waals surface area contributed by atoms with Gasteiger partial charge in [-0.1, -0.05) is 0 Å². The summed E-state index contributed by atoms with van der Waals surface area (Å²) in [7, 11) is 1.67. The molecule has 0 aliphatic heterocycles. The number of nitrogens with one attached hydrogen (secondary N) is 1. The highest BCUT2D eigenvalue weighted by Crippen LogP contribution is 1.67. The van der Waals surface area contributed by atoms with Crippen molar-refractivity contribution < 1.29 is 0 Å². The van der Waals surface area contributed by atoms with Crippen LogP contribution in [-0.4, -0.2) is 16.7 Å². The van der Waals surface area contributed by atoms with E-state index in [9.17, 15) is 4.79 Å². The molecule has 1 heterocycles. The number of hydrogen-bond donors (Lipinski definition) is 1. The Morgan fingerprint density at radius 3 is 3.00 bits per heavy atom. The Kier molecular flexibility index (Phi) is 1.48. The molecule has 0 saturated carbocycles. The van der Waals surface area contributed by atoms with Crippen LogP contribution in [0.4, 0.5) is 0 Å². The summed E-state index contributed by atoms with van der Waals surface area (Å²) >= 11 is 0. The molecule has 9 heavy (non-hydrogen) atoms. The van der Waals surface area contributed by atoms with Crippen LogP contribution in [0, 0.1) is 0 Å². The van der Waals surface area contributed by atoms with E-state index in [1.165, 1.54) is 17.1 Å². The summed E-state index contributed by atoms with van der Waals surface area (Å²) in [6.07, 6.45) is 4.34. The molecule has 1 aromatic rings. The van der Waals surface area contributed by atoms with Crippen LogP contribution in [0.15, 0.2) is 23.4 Å². The molecular weight excluding hydrogens is 118 g/mol. The Morgan fingerprint density at radius 2 is 2.56 bits per heavy atom. The van der Waals surface area contributed by atoms with Gasteiger partial charge in [0.1, 0.15) is 0 Å². The minimum absolute atomic E-state index is 0.153. The zero-order valence-electron chi connectivity index (χ0n) is 5.03. The van der Waals surface area contributed by atoms with Crippen molar-refractivity contribution in [3.63, 3.8) is 0 Å². The summed E-state index contributed by atoms with van der Waals surface area (Å²) < 4.78 is 1.34. The van der Waals surface area contributed by atoms with Crippen LogP contribution >= 0.6 is 0 Å². The lowest BCUT2D eigenvalue weighted by Crippen LogP contribution is -2.25. The van der Waals surface area contributed by atoms with E-state index in [0.717, 1.165) is 0 Å². The van der Waals surface area contributed by atoms with E-state index in [4.69, 9.17) is 0 Å². The standard InChI is InChI=1S/C5H7N3O/c1-6-8-3-2-7-4-5(8)9/h2-4,6H,1H3. The fourth-order valence-electron chi connectivity index (χ4n) is 0.532. The van der Waals surface area contributed by atoms with Crippen LogP contribution in [0.25, 0.3) is 0 Å². The van der Waals surface area contributed by atoms with Gasteiger partial charge in [0.15, 0.2) is 0 Å². The highest BCUT2D eigenvalue weighted by atomic mass is 16.1. The molecule has 0 aromatic carbocycles. The highest BCUT2D eigenvalue weighted by molar-refractivity contribution is 4.82. The van der Waals surface area contributed by atoms with Crippen LogP contribution in [0.3, 0.4) is 0 Å². The topological polar surface area (TPSA) is 46.9 Å². The van der Waals surface area contributed by atoms with Crippen molar-refractivity contribution >= 4 is 0 Å². The van der Waals surface area contributed by atoms with Gasteiger partial charge in [0.05, 0.1) is 6.20 Å². The van der Waals surface area contributed by atoms with Gasteiger partial charge in [0, 0.05) is 19.4 Å². The van der Waals surface area contributed by atoms with E-state index in [1.54, 1.807) is 13.2 Å². The van der Waals surface area contributed by atoms with Gasteiger partial charge in [-0.05, 0) is 0 Å². The minimum atomic E-state index is -0.153. The van der Waals surface area contributed by atoms with Crippen LogP contribution in [0.5, 0.6) is 0 Å². The molecule has 0 bridgehead atoms. The van der Waals surface area contributed by atoms with E-state index in [-0.39, 0.29) is 5.56 Å². The maximum atomic E-state index is 10.7. The molecule has 0 radical (unpaired) electrons. The largest absolute Gasteiger partial charge is 0.326 e. The number of aromatic nitrogens is 2. The second-order valence-electron chi connectivity index (χ2n) is 1.51. The average Bonchev–Trinajstić information content (AvgIpc) is 1.89. The van der Waals surface area contributed by atoms with Crippen molar-refractivity contribution in [2.75, 3.05) is 12.5 Å². The molecule has 0 aliphatic carbocycles. The van der Waals surface area contributed by atoms with Gasteiger partial charge >= 0.3 is 0 Å². The van der Waals surface area contributed by atoms with Gasteiger partial charge in [-0.3, -0.25) is 9.78 Å². The predicted octanol–water partition coefficient (Wildman–Crippen LogP) is -0.583. The Hall–Kier alpha value is -1.32. The molecule has 0 saturated heterocycles. The molecule has 1 rings (SSSR count). The molecule has 4 heteroatoms. The smallest absolute Gasteiger partial charge is 0.287 e. The van der Waals surface area contributed by atoms with Crippen LogP contribution < -0.4 is 11.0 Å². The van der Waals surface area contributed by atoms with Gasteiger partial charge in [-0.25, -0.2) is 4.68 Å². The zero-order valence-corrected chi connectivity index (χ0v) is 5.03. The first-order chi connectivity index (χ1) is 4.34. The summed E-state index contributed by atoms with van der Waals surface area (Å²) in [6, 6.07) is 0. The lowest BCUT2D eigenvalue weighted by molar-refractivity contribution is 0.853. The second-order valence-corrected chi connectivity index (χ2v) is 1.51. The van der Waals surface area contributed by atoms with E-state index >= 15 is 0 Å². The van der Waals surface area contributed by atoms with Crippen molar-refractivity contribution in [1.29, 1.82) is 0 Å². The van der Waals surface area contributed by atoms with Gasteiger partial charge in [-0.15, -0.1) is 0 Å². The molecule has 0 atom stereocenters. The lowest BCUT2D eigenvalue weighted by atomic mass is 10.7. The lowest BCUT2D eigenvalue weighted by Gasteiger charge is -1.98. The van der Waals surface area contributed by atoms with Crippen molar-refractivity contribution in [1.82, 2.24) is 9.66 Å². The molecule has 1 N–H and O–H groups in total. The van der Waals surface area contributed by atoms with E-state index in [1.807, 2.05) is 0 Å². The maximum Gasteiger partial charge on any atom is 0.287 e. The number of rotatable bonds is 1. The minimum Gasteiger partial charge on any atom is -0.326 e. The Bertz CT molecular complexity index is 242. The Morgan fingerprint density at radius 1 is 1.78 bits per heavy atom. The van der Waals surface area contributed by atoms with Crippen LogP contribution in [0.1, 0.15) is 0 Å². The highest BCUT2D eigenvalue weighted by Gasteiger charge is 1.85. The molecule has 0 fully saturated rings. The normalized spacial score (nSPS) is 9.00. The molecule has 0 spiro atoms.